The SMILES string of the molecule is CN(C)c1nc(N)nc(-c2cc(Cl)cc(Cl)c2)n1. The number of halogens is 2. The number of rotatable bonds is 2. The molecule has 2 N–H and O–H groups in total. The van der Waals surface area contributed by atoms with E-state index in [9.17, 15) is 0 Å². The predicted molar refractivity (Wildman–Crippen MR) is 74.0 cm³/mol. The maximum absolute atomic E-state index is 5.94. The Morgan fingerprint density at radius 2 is 1.61 bits per heavy atom. The van der Waals surface area contributed by atoms with E-state index in [0.717, 1.165) is 0 Å². The van der Waals surface area contributed by atoms with Crippen LogP contribution in [0.4, 0.5) is 11.9 Å². The van der Waals surface area contributed by atoms with Gasteiger partial charge in [0.1, 0.15) is 0 Å². The molecule has 0 unspecified atom stereocenters. The average Bonchev–Trinajstić information content (AvgIpc) is 2.26. The number of anilines is 2. The van der Waals surface area contributed by atoms with Gasteiger partial charge in [-0.05, 0) is 18.2 Å². The molecule has 0 saturated carbocycles. The zero-order valence-electron chi connectivity index (χ0n) is 9.85. The quantitative estimate of drug-likeness (QED) is 0.917. The Morgan fingerprint density at radius 1 is 1.00 bits per heavy atom. The summed E-state index contributed by atoms with van der Waals surface area (Å²) in [7, 11) is 3.65. The van der Waals surface area contributed by atoms with Gasteiger partial charge in [-0.2, -0.15) is 15.0 Å². The number of nitrogens with zero attached hydrogens (tertiary/aromatic N) is 4. The summed E-state index contributed by atoms with van der Waals surface area (Å²) < 4.78 is 0. The van der Waals surface area contributed by atoms with Crippen LogP contribution >= 0.6 is 23.2 Å². The summed E-state index contributed by atoms with van der Waals surface area (Å²) in [4.78, 5) is 14.1. The molecule has 5 nitrogen and oxygen atoms in total. The van der Waals surface area contributed by atoms with Crippen molar-refractivity contribution in [2.45, 2.75) is 0 Å². The molecule has 0 atom stereocenters. The second-order valence-electron chi connectivity index (χ2n) is 3.87. The lowest BCUT2D eigenvalue weighted by Crippen LogP contribution is -2.15. The third kappa shape index (κ3) is 2.80. The molecular weight excluding hydrogens is 273 g/mol. The monoisotopic (exact) mass is 283 g/mol. The molecule has 18 heavy (non-hydrogen) atoms. The normalized spacial score (nSPS) is 10.4. The molecule has 1 heterocycles. The Labute approximate surface area is 115 Å². The third-order valence-corrected chi connectivity index (χ3v) is 2.60. The topological polar surface area (TPSA) is 67.9 Å². The minimum absolute atomic E-state index is 0.153. The number of nitrogens with two attached hydrogens (primary N) is 1. The Balaban J connectivity index is 2.56. The maximum atomic E-state index is 5.94. The summed E-state index contributed by atoms with van der Waals surface area (Å²) in [5.74, 6) is 1.07. The molecule has 0 aliphatic rings. The Hall–Kier alpha value is -1.59. The van der Waals surface area contributed by atoms with Crippen LogP contribution in [0.2, 0.25) is 10.0 Å². The van der Waals surface area contributed by atoms with Crippen LogP contribution in [0.5, 0.6) is 0 Å². The van der Waals surface area contributed by atoms with Gasteiger partial charge >= 0.3 is 0 Å². The zero-order valence-corrected chi connectivity index (χ0v) is 11.4. The van der Waals surface area contributed by atoms with Gasteiger partial charge in [-0.3, -0.25) is 0 Å². The summed E-state index contributed by atoms with van der Waals surface area (Å²) in [5.41, 5.74) is 6.35. The Bertz CT molecular complexity index is 565. The van der Waals surface area contributed by atoms with Gasteiger partial charge in [-0.25, -0.2) is 0 Å². The fourth-order valence-electron chi connectivity index (χ4n) is 1.39. The highest BCUT2D eigenvalue weighted by atomic mass is 35.5. The lowest BCUT2D eigenvalue weighted by molar-refractivity contribution is 0.970. The first-order valence-corrected chi connectivity index (χ1v) is 5.86. The first-order chi connectivity index (χ1) is 8.45. The number of hydrogen-bond acceptors (Lipinski definition) is 5. The molecule has 0 saturated heterocycles. The number of aromatic nitrogens is 3. The summed E-state index contributed by atoms with van der Waals surface area (Å²) in [6, 6.07) is 5.09. The first kappa shape index (κ1) is 12.9. The minimum atomic E-state index is 0.153. The first-order valence-electron chi connectivity index (χ1n) is 5.11. The number of benzene rings is 1. The van der Waals surface area contributed by atoms with Gasteiger partial charge in [-0.15, -0.1) is 0 Å². The molecule has 94 valence electrons. The van der Waals surface area contributed by atoms with Crippen LogP contribution in [0.15, 0.2) is 18.2 Å². The van der Waals surface area contributed by atoms with Crippen molar-refractivity contribution in [3.05, 3.63) is 28.2 Å². The van der Waals surface area contributed by atoms with E-state index in [1.54, 1.807) is 23.1 Å². The van der Waals surface area contributed by atoms with E-state index in [1.165, 1.54) is 0 Å². The van der Waals surface area contributed by atoms with Crippen molar-refractivity contribution in [2.75, 3.05) is 24.7 Å². The summed E-state index contributed by atoms with van der Waals surface area (Å²) in [6.07, 6.45) is 0. The van der Waals surface area contributed by atoms with Gasteiger partial charge in [0.25, 0.3) is 0 Å². The van der Waals surface area contributed by atoms with Crippen molar-refractivity contribution >= 4 is 35.1 Å². The average molecular weight is 284 g/mol. The van der Waals surface area contributed by atoms with Crippen molar-refractivity contribution in [3.8, 4) is 11.4 Å². The summed E-state index contributed by atoms with van der Waals surface area (Å²) >= 11 is 11.9. The molecular formula is C11H11Cl2N5. The zero-order chi connectivity index (χ0) is 13.3. The van der Waals surface area contributed by atoms with E-state index in [0.29, 0.717) is 27.4 Å². The molecule has 0 bridgehead atoms. The van der Waals surface area contributed by atoms with E-state index in [-0.39, 0.29) is 5.95 Å². The van der Waals surface area contributed by atoms with Gasteiger partial charge < -0.3 is 10.6 Å². The molecule has 1 aromatic carbocycles. The smallest absolute Gasteiger partial charge is 0.230 e. The van der Waals surface area contributed by atoms with Crippen molar-refractivity contribution < 1.29 is 0 Å². The molecule has 2 rings (SSSR count). The van der Waals surface area contributed by atoms with Crippen LogP contribution in [0.1, 0.15) is 0 Å². The highest BCUT2D eigenvalue weighted by molar-refractivity contribution is 6.35. The minimum Gasteiger partial charge on any atom is -0.368 e. The second kappa shape index (κ2) is 4.96. The molecule has 2 aromatic rings. The van der Waals surface area contributed by atoms with Gasteiger partial charge in [0.05, 0.1) is 0 Å². The Morgan fingerprint density at radius 3 is 2.17 bits per heavy atom. The molecule has 0 aliphatic heterocycles. The molecule has 0 aliphatic carbocycles. The van der Waals surface area contributed by atoms with Crippen LogP contribution in [0.25, 0.3) is 11.4 Å². The van der Waals surface area contributed by atoms with Crippen LogP contribution in [-0.4, -0.2) is 29.0 Å². The maximum Gasteiger partial charge on any atom is 0.230 e. The standard InChI is InChI=1S/C11H11Cl2N5/c1-18(2)11-16-9(15-10(14)17-11)6-3-7(12)5-8(13)4-6/h3-5H,1-2H3,(H2,14,15,16,17). The van der Waals surface area contributed by atoms with E-state index >= 15 is 0 Å². The van der Waals surface area contributed by atoms with Gasteiger partial charge in [0.15, 0.2) is 5.82 Å². The lowest BCUT2D eigenvalue weighted by Gasteiger charge is -2.11. The molecule has 7 heteroatoms. The molecule has 0 fully saturated rings. The van der Waals surface area contributed by atoms with E-state index in [4.69, 9.17) is 28.9 Å². The predicted octanol–water partition coefficient (Wildman–Crippen LogP) is 2.49. The van der Waals surface area contributed by atoms with E-state index in [2.05, 4.69) is 15.0 Å². The van der Waals surface area contributed by atoms with Crippen molar-refractivity contribution in [3.63, 3.8) is 0 Å². The van der Waals surface area contributed by atoms with Gasteiger partial charge in [0, 0.05) is 29.7 Å². The summed E-state index contributed by atoms with van der Waals surface area (Å²) in [5, 5.41) is 1.03. The number of nitrogen functional groups attached to an aromatic ring is 1. The van der Waals surface area contributed by atoms with Crippen molar-refractivity contribution in [1.29, 1.82) is 0 Å². The molecule has 0 amide bonds. The van der Waals surface area contributed by atoms with Crippen LogP contribution in [-0.2, 0) is 0 Å². The highest BCUT2D eigenvalue weighted by Crippen LogP contribution is 2.25. The third-order valence-electron chi connectivity index (χ3n) is 2.16. The fraction of sp³-hybridized carbons (Fsp3) is 0.182. The second-order valence-corrected chi connectivity index (χ2v) is 4.74. The van der Waals surface area contributed by atoms with Crippen LogP contribution < -0.4 is 10.6 Å². The van der Waals surface area contributed by atoms with Gasteiger partial charge in [0.2, 0.25) is 11.9 Å². The molecule has 0 radical (unpaired) electrons. The largest absolute Gasteiger partial charge is 0.368 e. The fourth-order valence-corrected chi connectivity index (χ4v) is 1.92. The highest BCUT2D eigenvalue weighted by Gasteiger charge is 2.09. The van der Waals surface area contributed by atoms with Crippen LogP contribution in [0, 0.1) is 0 Å². The number of hydrogen-bond donors (Lipinski definition) is 1. The van der Waals surface area contributed by atoms with E-state index in [1.807, 2.05) is 14.1 Å². The van der Waals surface area contributed by atoms with Gasteiger partial charge in [-0.1, -0.05) is 23.2 Å². The van der Waals surface area contributed by atoms with E-state index < -0.39 is 0 Å². The Kier molecular flexibility index (Phi) is 3.54. The molecule has 1 aromatic heterocycles. The molecule has 0 spiro atoms. The summed E-state index contributed by atoms with van der Waals surface area (Å²) in [6.45, 7) is 0. The van der Waals surface area contributed by atoms with Crippen molar-refractivity contribution in [2.24, 2.45) is 0 Å². The van der Waals surface area contributed by atoms with Crippen molar-refractivity contribution in [1.82, 2.24) is 15.0 Å². The van der Waals surface area contributed by atoms with Crippen LogP contribution in [0.3, 0.4) is 0 Å². The lowest BCUT2D eigenvalue weighted by atomic mass is 10.2.